The zero-order chi connectivity index (χ0) is 13.1. The summed E-state index contributed by atoms with van der Waals surface area (Å²) in [6.45, 7) is 4.89. The van der Waals surface area contributed by atoms with Crippen LogP contribution in [0.2, 0.25) is 0 Å². The van der Waals surface area contributed by atoms with Crippen LogP contribution in [0.5, 0.6) is 0 Å². The molecule has 2 nitrogen and oxygen atoms in total. The van der Waals surface area contributed by atoms with E-state index in [9.17, 15) is 9.18 Å². The molecule has 0 spiro atoms. The molecule has 0 radical (unpaired) electrons. The van der Waals surface area contributed by atoms with Crippen LogP contribution >= 0.6 is 0 Å². The first-order chi connectivity index (χ1) is 8.58. The highest BCUT2D eigenvalue weighted by atomic mass is 19.1. The number of nitrogens with zero attached hydrogens (tertiary/aromatic N) is 1. The lowest BCUT2D eigenvalue weighted by atomic mass is 10.0. The summed E-state index contributed by atoms with van der Waals surface area (Å²) in [6, 6.07) is 6.68. The zero-order valence-corrected chi connectivity index (χ0v) is 11.0. The molecule has 3 heteroatoms. The van der Waals surface area contributed by atoms with Crippen LogP contribution in [0.1, 0.15) is 44.7 Å². The Morgan fingerprint density at radius 2 is 2.28 bits per heavy atom. The van der Waals surface area contributed by atoms with Gasteiger partial charge in [-0.3, -0.25) is 4.79 Å². The van der Waals surface area contributed by atoms with Gasteiger partial charge in [0.15, 0.2) is 0 Å². The van der Waals surface area contributed by atoms with Crippen molar-refractivity contribution >= 4 is 5.91 Å². The predicted molar refractivity (Wildman–Crippen MR) is 69.5 cm³/mol. The molecule has 2 rings (SSSR count). The number of hydrogen-bond donors (Lipinski definition) is 0. The Morgan fingerprint density at radius 1 is 1.50 bits per heavy atom. The molecule has 1 aromatic carbocycles. The van der Waals surface area contributed by atoms with Gasteiger partial charge < -0.3 is 4.90 Å². The van der Waals surface area contributed by atoms with Crippen LogP contribution in [0.25, 0.3) is 0 Å². The van der Waals surface area contributed by atoms with Crippen molar-refractivity contribution in [3.63, 3.8) is 0 Å². The van der Waals surface area contributed by atoms with Crippen LogP contribution in [-0.4, -0.2) is 17.4 Å². The fourth-order valence-electron chi connectivity index (χ4n) is 2.59. The molecule has 98 valence electrons. The Bertz CT molecular complexity index is 430. The largest absolute Gasteiger partial charge is 0.336 e. The van der Waals surface area contributed by atoms with Crippen molar-refractivity contribution in [1.82, 2.24) is 4.90 Å². The summed E-state index contributed by atoms with van der Waals surface area (Å²) in [5, 5.41) is 0. The molecule has 0 saturated carbocycles. The number of carbonyl (C=O) groups excluding carboxylic acids is 1. The van der Waals surface area contributed by atoms with Crippen LogP contribution in [0.3, 0.4) is 0 Å². The lowest BCUT2D eigenvalue weighted by molar-refractivity contribution is -0.132. The molecular formula is C15H20FNO. The maximum absolute atomic E-state index is 13.3. The van der Waals surface area contributed by atoms with Gasteiger partial charge in [0.1, 0.15) is 5.82 Å². The normalized spacial score (nSPS) is 19.6. The van der Waals surface area contributed by atoms with E-state index in [1.807, 2.05) is 24.8 Å². The van der Waals surface area contributed by atoms with Gasteiger partial charge in [0.25, 0.3) is 0 Å². The second-order valence-electron chi connectivity index (χ2n) is 5.40. The van der Waals surface area contributed by atoms with Crippen LogP contribution in [0.15, 0.2) is 24.3 Å². The summed E-state index contributed by atoms with van der Waals surface area (Å²) in [5.41, 5.74) is 0.921. The molecule has 0 bridgehead atoms. The van der Waals surface area contributed by atoms with Crippen LogP contribution in [-0.2, 0) is 4.79 Å². The van der Waals surface area contributed by atoms with E-state index in [0.717, 1.165) is 24.9 Å². The first-order valence-corrected chi connectivity index (χ1v) is 6.63. The number of hydrogen-bond acceptors (Lipinski definition) is 1. The topological polar surface area (TPSA) is 20.3 Å². The van der Waals surface area contributed by atoms with E-state index in [4.69, 9.17) is 0 Å². The quantitative estimate of drug-likeness (QED) is 0.802. The van der Waals surface area contributed by atoms with E-state index in [0.29, 0.717) is 12.3 Å². The monoisotopic (exact) mass is 249 g/mol. The number of halogens is 1. The third kappa shape index (κ3) is 2.89. The minimum atomic E-state index is -0.226. The Kier molecular flexibility index (Phi) is 4.00. The summed E-state index contributed by atoms with van der Waals surface area (Å²) in [6.07, 6.45) is 2.52. The second-order valence-corrected chi connectivity index (χ2v) is 5.40. The Hall–Kier alpha value is -1.38. The summed E-state index contributed by atoms with van der Waals surface area (Å²) in [5.74, 6) is 0.332. The molecule has 0 N–H and O–H groups in total. The molecule has 1 atom stereocenters. The average molecular weight is 249 g/mol. The molecule has 0 unspecified atom stereocenters. The van der Waals surface area contributed by atoms with Crippen molar-refractivity contribution in [3.05, 3.63) is 35.6 Å². The SMILES string of the molecule is CC(C)CC(=O)N1CCC[C@H]1c1cccc(F)c1. The number of likely N-dealkylation sites (tertiary alicyclic amines) is 1. The lowest BCUT2D eigenvalue weighted by Crippen LogP contribution is -2.31. The van der Waals surface area contributed by atoms with Crippen LogP contribution < -0.4 is 0 Å². The van der Waals surface area contributed by atoms with Crippen molar-refractivity contribution in [2.24, 2.45) is 5.92 Å². The minimum absolute atomic E-state index is 0.0620. The smallest absolute Gasteiger partial charge is 0.223 e. The van der Waals surface area contributed by atoms with E-state index in [2.05, 4.69) is 0 Å². The molecule has 1 amide bonds. The predicted octanol–water partition coefficient (Wildman–Crippen LogP) is 3.54. The first kappa shape index (κ1) is 13.1. The third-order valence-electron chi connectivity index (χ3n) is 3.39. The molecule has 1 aromatic rings. The van der Waals surface area contributed by atoms with Gasteiger partial charge in [0, 0.05) is 13.0 Å². The Balaban J connectivity index is 2.14. The van der Waals surface area contributed by atoms with Crippen molar-refractivity contribution in [2.75, 3.05) is 6.54 Å². The average Bonchev–Trinajstić information content (AvgIpc) is 2.76. The molecule has 1 fully saturated rings. The minimum Gasteiger partial charge on any atom is -0.336 e. The van der Waals surface area contributed by atoms with Gasteiger partial charge in [0.2, 0.25) is 5.91 Å². The Labute approximate surface area is 108 Å². The third-order valence-corrected chi connectivity index (χ3v) is 3.39. The van der Waals surface area contributed by atoms with E-state index in [-0.39, 0.29) is 17.8 Å². The fourth-order valence-corrected chi connectivity index (χ4v) is 2.59. The van der Waals surface area contributed by atoms with E-state index >= 15 is 0 Å². The van der Waals surface area contributed by atoms with E-state index < -0.39 is 0 Å². The van der Waals surface area contributed by atoms with Crippen LogP contribution in [0.4, 0.5) is 4.39 Å². The van der Waals surface area contributed by atoms with Gasteiger partial charge in [0.05, 0.1) is 6.04 Å². The number of carbonyl (C=O) groups is 1. The highest BCUT2D eigenvalue weighted by Crippen LogP contribution is 2.32. The highest BCUT2D eigenvalue weighted by molar-refractivity contribution is 5.77. The standard InChI is InChI=1S/C15H20FNO/c1-11(2)9-15(18)17-8-4-7-14(17)12-5-3-6-13(16)10-12/h3,5-6,10-11,14H,4,7-9H2,1-2H3/t14-/m0/s1. The van der Waals surface area contributed by atoms with Crippen molar-refractivity contribution in [1.29, 1.82) is 0 Å². The summed E-state index contributed by atoms with van der Waals surface area (Å²) < 4.78 is 13.3. The Morgan fingerprint density at radius 3 is 2.94 bits per heavy atom. The lowest BCUT2D eigenvalue weighted by Gasteiger charge is -2.26. The summed E-state index contributed by atoms with van der Waals surface area (Å²) >= 11 is 0. The van der Waals surface area contributed by atoms with E-state index in [1.54, 1.807) is 12.1 Å². The van der Waals surface area contributed by atoms with Gasteiger partial charge in [-0.1, -0.05) is 26.0 Å². The molecule has 1 aliphatic rings. The maximum Gasteiger partial charge on any atom is 0.223 e. The molecule has 1 heterocycles. The second kappa shape index (κ2) is 5.51. The summed E-state index contributed by atoms with van der Waals surface area (Å²) in [4.78, 5) is 14.1. The van der Waals surface area contributed by atoms with Crippen molar-refractivity contribution in [2.45, 2.75) is 39.2 Å². The molecule has 1 aliphatic heterocycles. The maximum atomic E-state index is 13.3. The first-order valence-electron chi connectivity index (χ1n) is 6.63. The molecule has 1 saturated heterocycles. The van der Waals surface area contributed by atoms with Gasteiger partial charge >= 0.3 is 0 Å². The van der Waals surface area contributed by atoms with Gasteiger partial charge in [-0.05, 0) is 36.5 Å². The fraction of sp³-hybridized carbons (Fsp3) is 0.533. The van der Waals surface area contributed by atoms with Crippen molar-refractivity contribution < 1.29 is 9.18 Å². The van der Waals surface area contributed by atoms with E-state index in [1.165, 1.54) is 6.07 Å². The molecular weight excluding hydrogens is 229 g/mol. The van der Waals surface area contributed by atoms with Crippen LogP contribution in [0, 0.1) is 11.7 Å². The molecule has 18 heavy (non-hydrogen) atoms. The summed E-state index contributed by atoms with van der Waals surface area (Å²) in [7, 11) is 0. The van der Waals surface area contributed by atoms with Gasteiger partial charge in [-0.2, -0.15) is 0 Å². The zero-order valence-electron chi connectivity index (χ0n) is 11.0. The molecule has 0 aromatic heterocycles. The van der Waals surface area contributed by atoms with Gasteiger partial charge in [-0.25, -0.2) is 4.39 Å². The van der Waals surface area contributed by atoms with Gasteiger partial charge in [-0.15, -0.1) is 0 Å². The number of benzene rings is 1. The number of rotatable bonds is 3. The highest BCUT2D eigenvalue weighted by Gasteiger charge is 2.29. The van der Waals surface area contributed by atoms with Crippen molar-refractivity contribution in [3.8, 4) is 0 Å². The molecule has 0 aliphatic carbocycles. The number of amides is 1.